The van der Waals surface area contributed by atoms with Gasteiger partial charge in [-0.1, -0.05) is 0 Å². The molecule has 8 heteroatoms. The Morgan fingerprint density at radius 3 is 2.50 bits per heavy atom. The van der Waals surface area contributed by atoms with Gasteiger partial charge in [-0.25, -0.2) is 0 Å². The molecule has 1 saturated heterocycles. The number of fused-ring (bicyclic) bond motifs is 1. The van der Waals surface area contributed by atoms with Crippen LogP contribution in [0.3, 0.4) is 0 Å². The first-order chi connectivity index (χ1) is 14.4. The van der Waals surface area contributed by atoms with E-state index in [1.807, 2.05) is 18.2 Å². The van der Waals surface area contributed by atoms with Gasteiger partial charge in [-0.3, -0.25) is 0 Å². The van der Waals surface area contributed by atoms with Crippen LogP contribution in [0.4, 0.5) is 5.13 Å². The number of hydrogen-bond donors (Lipinski definition) is 1. The van der Waals surface area contributed by atoms with Crippen molar-refractivity contribution in [3.05, 3.63) is 41.5 Å². The number of benzene rings is 1. The second-order valence-corrected chi connectivity index (χ2v) is 23.7. The number of anilines is 1. The molecular formula is C22H27N3O3SSn. The van der Waals surface area contributed by atoms with E-state index in [1.165, 1.54) is 20.6 Å². The predicted molar refractivity (Wildman–Crippen MR) is 124 cm³/mol. The molecule has 2 aromatic heterocycles. The van der Waals surface area contributed by atoms with Crippen LogP contribution in [0.15, 0.2) is 30.3 Å². The number of pyridine rings is 1. The summed E-state index contributed by atoms with van der Waals surface area (Å²) in [4.78, 5) is 29.5. The Morgan fingerprint density at radius 1 is 1.17 bits per heavy atom. The van der Waals surface area contributed by atoms with E-state index >= 15 is 0 Å². The number of nitrogens with one attached hydrogen (secondary N) is 1. The topological polar surface area (TPSA) is 73.3 Å². The molecule has 0 radical (unpaired) electrons. The van der Waals surface area contributed by atoms with Crippen molar-refractivity contribution in [2.45, 2.75) is 33.6 Å². The zero-order chi connectivity index (χ0) is 21.3. The molecule has 1 aliphatic heterocycles. The van der Waals surface area contributed by atoms with Gasteiger partial charge in [-0.15, -0.1) is 0 Å². The monoisotopic (exact) mass is 533 g/mol. The Kier molecular flexibility index (Phi) is 6.31. The van der Waals surface area contributed by atoms with Crippen LogP contribution in [0.5, 0.6) is 5.88 Å². The molecule has 6 nitrogen and oxygen atoms in total. The van der Waals surface area contributed by atoms with Gasteiger partial charge in [0.15, 0.2) is 0 Å². The van der Waals surface area contributed by atoms with Gasteiger partial charge in [0.25, 0.3) is 0 Å². The van der Waals surface area contributed by atoms with E-state index in [4.69, 9.17) is 19.4 Å². The molecular weight excluding hydrogens is 505 g/mol. The fraction of sp³-hybridized carbons (Fsp3) is 0.409. The van der Waals surface area contributed by atoms with Crippen molar-refractivity contribution in [1.82, 2.24) is 9.97 Å². The van der Waals surface area contributed by atoms with E-state index in [9.17, 15) is 4.79 Å². The number of methoxy groups -OCH3 is 1. The quantitative estimate of drug-likeness (QED) is 0.494. The Morgan fingerprint density at radius 2 is 1.87 bits per heavy atom. The first-order valence-corrected chi connectivity index (χ1v) is 21.0. The average molecular weight is 532 g/mol. The van der Waals surface area contributed by atoms with E-state index in [2.05, 4.69) is 20.1 Å². The number of thiazole rings is 1. The van der Waals surface area contributed by atoms with E-state index in [1.54, 1.807) is 19.2 Å². The fourth-order valence-electron chi connectivity index (χ4n) is 3.86. The summed E-state index contributed by atoms with van der Waals surface area (Å²) in [6, 6.07) is 9.19. The van der Waals surface area contributed by atoms with Crippen LogP contribution >= 0.6 is 11.3 Å². The minimum absolute atomic E-state index is 0.163. The van der Waals surface area contributed by atoms with Crippen LogP contribution in [0.25, 0.3) is 10.2 Å². The summed E-state index contributed by atoms with van der Waals surface area (Å²) < 4.78 is 13.6. The third-order valence-corrected chi connectivity index (χ3v) is 11.5. The molecule has 3 aromatic rings. The molecule has 0 aliphatic carbocycles. The Labute approximate surface area is 184 Å². The Balaban J connectivity index is 1.83. The number of carbonyl (C=O) groups is 1. The molecule has 30 heavy (non-hydrogen) atoms. The summed E-state index contributed by atoms with van der Waals surface area (Å²) in [5.74, 6) is 0.798. The first kappa shape index (κ1) is 21.5. The number of nitrogens with zero attached hydrogens (tertiary/aromatic N) is 2. The molecule has 3 heterocycles. The molecule has 1 N–H and O–H groups in total. The normalized spacial score (nSPS) is 15.3. The van der Waals surface area contributed by atoms with Crippen LogP contribution < -0.4 is 13.8 Å². The second kappa shape index (κ2) is 8.80. The van der Waals surface area contributed by atoms with Gasteiger partial charge in [0.2, 0.25) is 0 Å². The third kappa shape index (κ3) is 4.33. The van der Waals surface area contributed by atoms with Gasteiger partial charge < -0.3 is 0 Å². The molecule has 1 aromatic carbocycles. The summed E-state index contributed by atoms with van der Waals surface area (Å²) in [6.07, 6.45) is 1.98. The standard InChI is InChI=1S/C19H18N3O3S.3CH3.Sn/c1-24-18-15-16(14(11-20-18)12-7-9-25-10-8-12)26-19(21-15)22-17(23)13-5-3-2-4-6-13;;;;/h2-6,12H,7-10H2,1H3,(H,21,22,23);3*1H3;. The number of rotatable bonds is 5. The van der Waals surface area contributed by atoms with Crippen LogP contribution in [0, 0.1) is 0 Å². The number of ether oxygens (including phenoxy) is 2. The Bertz CT molecular complexity index is 1060. The van der Waals surface area contributed by atoms with Crippen molar-refractivity contribution in [3.8, 4) is 5.88 Å². The van der Waals surface area contributed by atoms with Gasteiger partial charge in [-0.05, 0) is 0 Å². The van der Waals surface area contributed by atoms with Crippen molar-refractivity contribution in [2.75, 3.05) is 25.6 Å². The van der Waals surface area contributed by atoms with Gasteiger partial charge in [0, 0.05) is 0 Å². The molecule has 4 rings (SSSR count). The summed E-state index contributed by atoms with van der Waals surface area (Å²) in [6.45, 7) is 1.54. The molecule has 0 unspecified atom stereocenters. The zero-order valence-electron chi connectivity index (χ0n) is 17.8. The summed E-state index contributed by atoms with van der Waals surface area (Å²) in [5, 5.41) is 3.54. The van der Waals surface area contributed by atoms with Crippen LogP contribution in [-0.2, 0) is 4.74 Å². The van der Waals surface area contributed by atoms with E-state index in [0.29, 0.717) is 22.5 Å². The summed E-state index contributed by atoms with van der Waals surface area (Å²) in [5.41, 5.74) is 2.67. The molecule has 0 bridgehead atoms. The maximum atomic E-state index is 12.7. The maximum absolute atomic E-state index is 12.7. The van der Waals surface area contributed by atoms with Crippen molar-refractivity contribution < 1.29 is 14.3 Å². The van der Waals surface area contributed by atoms with Crippen molar-refractivity contribution in [1.29, 1.82) is 0 Å². The van der Waals surface area contributed by atoms with Crippen molar-refractivity contribution >= 4 is 54.7 Å². The van der Waals surface area contributed by atoms with Crippen molar-refractivity contribution in [3.63, 3.8) is 0 Å². The number of amides is 1. The summed E-state index contributed by atoms with van der Waals surface area (Å²) >= 11 is -1.03. The van der Waals surface area contributed by atoms with Gasteiger partial charge >= 0.3 is 185 Å². The molecule has 0 atom stereocenters. The van der Waals surface area contributed by atoms with Gasteiger partial charge in [0.1, 0.15) is 0 Å². The SMILES string of the molecule is COc1n[c]([Sn]([CH3])([CH3])[CH3])c(C2CCOCC2)c2sc(NC(=O)c3ccccc3)nc12. The molecule has 158 valence electrons. The van der Waals surface area contributed by atoms with E-state index in [-0.39, 0.29) is 5.91 Å². The van der Waals surface area contributed by atoms with Crippen LogP contribution in [-0.4, -0.2) is 54.6 Å². The fourth-order valence-corrected chi connectivity index (χ4v) is 9.69. The molecule has 1 amide bonds. The van der Waals surface area contributed by atoms with Crippen LogP contribution in [0.2, 0.25) is 14.8 Å². The minimum atomic E-state index is -2.56. The molecule has 1 fully saturated rings. The van der Waals surface area contributed by atoms with E-state index < -0.39 is 18.4 Å². The molecule has 0 saturated carbocycles. The third-order valence-electron chi connectivity index (χ3n) is 5.33. The zero-order valence-corrected chi connectivity index (χ0v) is 21.5. The average Bonchev–Trinajstić information content (AvgIpc) is 3.16. The van der Waals surface area contributed by atoms with Gasteiger partial charge in [0.05, 0.1) is 0 Å². The number of hydrogen-bond acceptors (Lipinski definition) is 6. The molecule has 0 spiro atoms. The van der Waals surface area contributed by atoms with Gasteiger partial charge in [-0.2, -0.15) is 0 Å². The number of carbonyl (C=O) groups excluding carboxylic acids is 1. The second-order valence-electron chi connectivity index (χ2n) is 8.54. The number of aromatic nitrogens is 2. The Hall–Kier alpha value is -1.71. The first-order valence-electron chi connectivity index (χ1n) is 10.2. The van der Waals surface area contributed by atoms with E-state index in [0.717, 1.165) is 36.3 Å². The molecule has 1 aliphatic rings. The van der Waals surface area contributed by atoms with Crippen molar-refractivity contribution in [2.24, 2.45) is 0 Å². The predicted octanol–water partition coefficient (Wildman–Crippen LogP) is 4.39. The summed E-state index contributed by atoms with van der Waals surface area (Å²) in [7, 11) is 1.64. The van der Waals surface area contributed by atoms with Crippen LogP contribution in [0.1, 0.15) is 34.7 Å².